The summed E-state index contributed by atoms with van der Waals surface area (Å²) in [5.74, 6) is 0. The standard InChI is InChI=1S/C11H10BrNO/c1-13-10(4-5-14)7-8-6-9(12)2-3-11(8)13/h2-3,5-7H,4H2,1H3. The largest absolute Gasteiger partial charge is 0.347 e. The van der Waals surface area contributed by atoms with Crippen LogP contribution in [-0.4, -0.2) is 10.9 Å². The first kappa shape index (κ1) is 9.46. The molecule has 0 atom stereocenters. The number of hydrogen-bond acceptors (Lipinski definition) is 1. The van der Waals surface area contributed by atoms with Gasteiger partial charge in [-0.3, -0.25) is 0 Å². The van der Waals surface area contributed by atoms with E-state index in [0.717, 1.165) is 22.0 Å². The van der Waals surface area contributed by atoms with Crippen LogP contribution in [0.15, 0.2) is 28.7 Å². The maximum Gasteiger partial charge on any atom is 0.125 e. The number of benzene rings is 1. The first-order chi connectivity index (χ1) is 6.72. The molecule has 1 aromatic heterocycles. The van der Waals surface area contributed by atoms with Gasteiger partial charge in [0.1, 0.15) is 6.29 Å². The molecule has 0 unspecified atom stereocenters. The molecule has 14 heavy (non-hydrogen) atoms. The number of hydrogen-bond donors (Lipinski definition) is 0. The molecule has 2 rings (SSSR count). The highest BCUT2D eigenvalue weighted by atomic mass is 79.9. The summed E-state index contributed by atoms with van der Waals surface area (Å²) in [4.78, 5) is 10.4. The molecule has 1 aromatic carbocycles. The van der Waals surface area contributed by atoms with Crippen LogP contribution in [0, 0.1) is 0 Å². The lowest BCUT2D eigenvalue weighted by molar-refractivity contribution is -0.107. The van der Waals surface area contributed by atoms with Crippen molar-refractivity contribution < 1.29 is 4.79 Å². The van der Waals surface area contributed by atoms with Gasteiger partial charge in [-0.25, -0.2) is 0 Å². The number of aldehydes is 1. The van der Waals surface area contributed by atoms with Crippen molar-refractivity contribution in [2.45, 2.75) is 6.42 Å². The smallest absolute Gasteiger partial charge is 0.125 e. The van der Waals surface area contributed by atoms with E-state index in [1.165, 1.54) is 5.39 Å². The quantitative estimate of drug-likeness (QED) is 0.753. The van der Waals surface area contributed by atoms with E-state index >= 15 is 0 Å². The molecule has 0 aliphatic rings. The fourth-order valence-corrected chi connectivity index (χ4v) is 2.04. The van der Waals surface area contributed by atoms with Crippen molar-refractivity contribution in [1.29, 1.82) is 0 Å². The fourth-order valence-electron chi connectivity index (χ4n) is 1.66. The number of carbonyl (C=O) groups excluding carboxylic acids is 1. The van der Waals surface area contributed by atoms with Gasteiger partial charge in [-0.05, 0) is 24.3 Å². The summed E-state index contributed by atoms with van der Waals surface area (Å²) in [6.07, 6.45) is 1.41. The minimum Gasteiger partial charge on any atom is -0.347 e. The fraction of sp³-hybridized carbons (Fsp3) is 0.182. The maximum atomic E-state index is 10.4. The predicted octanol–water partition coefficient (Wildman–Crippen LogP) is 2.68. The normalized spacial score (nSPS) is 10.7. The van der Waals surface area contributed by atoms with Crippen molar-refractivity contribution in [3.63, 3.8) is 0 Å². The lowest BCUT2D eigenvalue weighted by atomic mass is 10.2. The summed E-state index contributed by atoms with van der Waals surface area (Å²) < 4.78 is 3.11. The second-order valence-electron chi connectivity index (χ2n) is 3.27. The molecule has 0 aliphatic carbocycles. The highest BCUT2D eigenvalue weighted by molar-refractivity contribution is 9.10. The Kier molecular flexibility index (Phi) is 2.42. The van der Waals surface area contributed by atoms with Crippen LogP contribution in [0.4, 0.5) is 0 Å². The van der Waals surface area contributed by atoms with Gasteiger partial charge in [0.15, 0.2) is 0 Å². The van der Waals surface area contributed by atoms with Crippen LogP contribution in [0.5, 0.6) is 0 Å². The summed E-state index contributed by atoms with van der Waals surface area (Å²) >= 11 is 3.43. The van der Waals surface area contributed by atoms with Crippen molar-refractivity contribution in [1.82, 2.24) is 4.57 Å². The highest BCUT2D eigenvalue weighted by Gasteiger charge is 2.04. The Labute approximate surface area is 90.7 Å². The van der Waals surface area contributed by atoms with Gasteiger partial charge < -0.3 is 9.36 Å². The molecule has 0 amide bonds. The zero-order valence-corrected chi connectivity index (χ0v) is 9.41. The van der Waals surface area contributed by atoms with E-state index in [2.05, 4.69) is 32.6 Å². The number of nitrogens with zero attached hydrogens (tertiary/aromatic N) is 1. The Morgan fingerprint density at radius 3 is 2.93 bits per heavy atom. The van der Waals surface area contributed by atoms with Gasteiger partial charge in [0.25, 0.3) is 0 Å². The van der Waals surface area contributed by atoms with E-state index in [1.807, 2.05) is 19.2 Å². The van der Waals surface area contributed by atoms with E-state index in [9.17, 15) is 4.79 Å². The Hall–Kier alpha value is -1.09. The van der Waals surface area contributed by atoms with Crippen LogP contribution in [0.1, 0.15) is 5.69 Å². The van der Waals surface area contributed by atoms with Gasteiger partial charge in [0, 0.05) is 34.5 Å². The van der Waals surface area contributed by atoms with E-state index < -0.39 is 0 Å². The molecule has 0 radical (unpaired) electrons. The van der Waals surface area contributed by atoms with Crippen LogP contribution < -0.4 is 0 Å². The van der Waals surface area contributed by atoms with Gasteiger partial charge in [0.2, 0.25) is 0 Å². The Balaban J connectivity index is 2.66. The summed E-state index contributed by atoms with van der Waals surface area (Å²) in [6.45, 7) is 0. The summed E-state index contributed by atoms with van der Waals surface area (Å²) in [7, 11) is 1.98. The average Bonchev–Trinajstić information content (AvgIpc) is 2.44. The number of carbonyl (C=O) groups is 1. The number of rotatable bonds is 2. The van der Waals surface area contributed by atoms with Crippen LogP contribution in [0.25, 0.3) is 10.9 Å². The molecular formula is C11H10BrNO. The Bertz CT molecular complexity index is 487. The van der Waals surface area contributed by atoms with Crippen molar-refractivity contribution in [3.05, 3.63) is 34.4 Å². The number of halogens is 1. The molecule has 0 saturated heterocycles. The topological polar surface area (TPSA) is 22.0 Å². The molecule has 0 spiro atoms. The summed E-state index contributed by atoms with van der Waals surface area (Å²) in [5.41, 5.74) is 2.21. The van der Waals surface area contributed by atoms with Crippen LogP contribution in [0.3, 0.4) is 0 Å². The van der Waals surface area contributed by atoms with E-state index in [1.54, 1.807) is 0 Å². The zero-order chi connectivity index (χ0) is 10.1. The molecule has 0 bridgehead atoms. The SMILES string of the molecule is Cn1c(CC=O)cc2cc(Br)ccc21. The van der Waals surface area contributed by atoms with Crippen LogP contribution in [-0.2, 0) is 18.3 Å². The molecule has 0 aliphatic heterocycles. The molecule has 72 valence electrons. The number of aryl methyl sites for hydroxylation is 1. The Morgan fingerprint density at radius 1 is 1.43 bits per heavy atom. The Morgan fingerprint density at radius 2 is 2.21 bits per heavy atom. The molecule has 3 heteroatoms. The average molecular weight is 252 g/mol. The second kappa shape index (κ2) is 3.58. The van der Waals surface area contributed by atoms with E-state index in [-0.39, 0.29) is 0 Å². The molecule has 0 N–H and O–H groups in total. The zero-order valence-electron chi connectivity index (χ0n) is 7.83. The molecular weight excluding hydrogens is 242 g/mol. The third-order valence-electron chi connectivity index (χ3n) is 2.40. The minimum absolute atomic E-state index is 0.475. The van der Waals surface area contributed by atoms with Crippen molar-refractivity contribution in [2.75, 3.05) is 0 Å². The van der Waals surface area contributed by atoms with Gasteiger partial charge in [-0.1, -0.05) is 15.9 Å². The van der Waals surface area contributed by atoms with Gasteiger partial charge in [0.05, 0.1) is 0 Å². The van der Waals surface area contributed by atoms with Crippen LogP contribution in [0.2, 0.25) is 0 Å². The highest BCUT2D eigenvalue weighted by Crippen LogP contribution is 2.22. The third-order valence-corrected chi connectivity index (χ3v) is 2.89. The molecule has 2 nitrogen and oxygen atoms in total. The first-order valence-corrected chi connectivity index (χ1v) is 5.19. The maximum absolute atomic E-state index is 10.4. The number of fused-ring (bicyclic) bond motifs is 1. The second-order valence-corrected chi connectivity index (χ2v) is 4.18. The van der Waals surface area contributed by atoms with Gasteiger partial charge in [-0.2, -0.15) is 0 Å². The summed E-state index contributed by atoms with van der Waals surface area (Å²) in [5, 5.41) is 1.17. The molecule has 0 fully saturated rings. The number of aromatic nitrogens is 1. The van der Waals surface area contributed by atoms with E-state index in [4.69, 9.17) is 0 Å². The minimum atomic E-state index is 0.475. The monoisotopic (exact) mass is 251 g/mol. The molecule has 1 heterocycles. The third kappa shape index (κ3) is 1.48. The molecule has 2 aromatic rings. The predicted molar refractivity (Wildman–Crippen MR) is 60.4 cm³/mol. The van der Waals surface area contributed by atoms with Crippen molar-refractivity contribution in [2.24, 2.45) is 7.05 Å². The van der Waals surface area contributed by atoms with E-state index in [0.29, 0.717) is 6.42 Å². The lowest BCUT2D eigenvalue weighted by Crippen LogP contribution is -1.95. The van der Waals surface area contributed by atoms with Gasteiger partial charge in [-0.15, -0.1) is 0 Å². The van der Waals surface area contributed by atoms with Crippen molar-refractivity contribution >= 4 is 33.1 Å². The lowest BCUT2D eigenvalue weighted by Gasteiger charge is -1.99. The molecule has 0 saturated carbocycles. The van der Waals surface area contributed by atoms with Crippen LogP contribution >= 0.6 is 15.9 Å². The first-order valence-electron chi connectivity index (χ1n) is 4.40. The van der Waals surface area contributed by atoms with Crippen molar-refractivity contribution in [3.8, 4) is 0 Å². The van der Waals surface area contributed by atoms with Gasteiger partial charge >= 0.3 is 0 Å². The summed E-state index contributed by atoms with van der Waals surface area (Å²) in [6, 6.07) is 8.17.